The highest BCUT2D eigenvalue weighted by atomic mass is 35.5. The maximum atomic E-state index is 11.7. The van der Waals surface area contributed by atoms with Crippen molar-refractivity contribution >= 4 is 29.5 Å². The average molecular weight is 292 g/mol. The van der Waals surface area contributed by atoms with Crippen molar-refractivity contribution < 1.29 is 4.79 Å². The van der Waals surface area contributed by atoms with E-state index in [1.807, 2.05) is 42.5 Å². The number of rotatable bonds is 5. The van der Waals surface area contributed by atoms with Gasteiger partial charge in [-0.2, -0.15) is 0 Å². The number of aryl methyl sites for hydroxylation is 1. The lowest BCUT2D eigenvalue weighted by Gasteiger charge is -2.04. The molecule has 0 atom stereocenters. The van der Waals surface area contributed by atoms with E-state index >= 15 is 0 Å². The summed E-state index contributed by atoms with van der Waals surface area (Å²) in [6.45, 7) is 0. The molecule has 0 heterocycles. The Labute approximate surface area is 122 Å². The van der Waals surface area contributed by atoms with Gasteiger partial charge in [0.2, 0.25) is 5.91 Å². The molecular formula is C15H14ClNOS. The Morgan fingerprint density at radius 2 is 1.74 bits per heavy atom. The van der Waals surface area contributed by atoms with Gasteiger partial charge in [0.1, 0.15) is 0 Å². The van der Waals surface area contributed by atoms with Gasteiger partial charge in [-0.1, -0.05) is 41.9 Å². The minimum atomic E-state index is 0.0313. The minimum absolute atomic E-state index is 0.0313. The molecule has 0 saturated carbocycles. The van der Waals surface area contributed by atoms with E-state index in [0.29, 0.717) is 11.4 Å². The van der Waals surface area contributed by atoms with Crippen LogP contribution in [0.25, 0.3) is 0 Å². The van der Waals surface area contributed by atoms with Gasteiger partial charge in [-0.3, -0.25) is 9.52 Å². The second kappa shape index (κ2) is 7.22. The van der Waals surface area contributed by atoms with Crippen LogP contribution in [0.2, 0.25) is 5.02 Å². The number of hydrogen-bond donors (Lipinski definition) is 1. The minimum Gasteiger partial charge on any atom is -0.296 e. The molecule has 0 spiro atoms. The fourth-order valence-corrected chi connectivity index (χ4v) is 2.30. The summed E-state index contributed by atoms with van der Waals surface area (Å²) in [6, 6.07) is 17.4. The summed E-state index contributed by atoms with van der Waals surface area (Å²) >= 11 is 7.11. The Hall–Kier alpha value is -1.45. The molecule has 0 fully saturated rings. The highest BCUT2D eigenvalue weighted by Crippen LogP contribution is 2.17. The molecule has 2 nitrogen and oxygen atoms in total. The largest absolute Gasteiger partial charge is 0.296 e. The predicted octanol–water partition coefficient (Wildman–Crippen LogP) is 4.10. The van der Waals surface area contributed by atoms with Crippen molar-refractivity contribution in [2.75, 3.05) is 0 Å². The first kappa shape index (κ1) is 14.0. The highest BCUT2D eigenvalue weighted by molar-refractivity contribution is 7.98. The van der Waals surface area contributed by atoms with Crippen LogP contribution in [0.3, 0.4) is 0 Å². The van der Waals surface area contributed by atoms with Gasteiger partial charge in [0.25, 0.3) is 0 Å². The molecule has 0 unspecified atom stereocenters. The summed E-state index contributed by atoms with van der Waals surface area (Å²) < 4.78 is 2.82. The van der Waals surface area contributed by atoms with Gasteiger partial charge in [-0.25, -0.2) is 0 Å². The Morgan fingerprint density at radius 1 is 1.05 bits per heavy atom. The summed E-state index contributed by atoms with van der Waals surface area (Å²) in [5.74, 6) is 0.0313. The first-order chi connectivity index (χ1) is 9.24. The summed E-state index contributed by atoms with van der Waals surface area (Å²) in [5, 5.41) is 0.694. The molecule has 0 aromatic heterocycles. The highest BCUT2D eigenvalue weighted by Gasteiger charge is 2.03. The second-order valence-corrected chi connectivity index (χ2v) is 5.38. The van der Waals surface area contributed by atoms with Crippen LogP contribution >= 0.6 is 23.5 Å². The van der Waals surface area contributed by atoms with Crippen molar-refractivity contribution in [2.24, 2.45) is 0 Å². The van der Waals surface area contributed by atoms with Crippen LogP contribution in [0.1, 0.15) is 12.0 Å². The molecule has 0 radical (unpaired) electrons. The summed E-state index contributed by atoms with van der Waals surface area (Å²) in [7, 11) is 0. The van der Waals surface area contributed by atoms with E-state index in [1.165, 1.54) is 17.5 Å². The molecule has 4 heteroatoms. The second-order valence-electron chi connectivity index (χ2n) is 4.07. The molecule has 0 aliphatic heterocycles. The van der Waals surface area contributed by atoms with Crippen molar-refractivity contribution in [1.29, 1.82) is 0 Å². The molecule has 19 heavy (non-hydrogen) atoms. The summed E-state index contributed by atoms with van der Waals surface area (Å²) in [5.41, 5.74) is 1.18. The van der Waals surface area contributed by atoms with E-state index in [1.54, 1.807) is 12.1 Å². The number of carbonyl (C=O) groups is 1. The first-order valence-corrected chi connectivity index (χ1v) is 7.18. The lowest BCUT2D eigenvalue weighted by Crippen LogP contribution is -2.15. The normalized spacial score (nSPS) is 10.2. The fourth-order valence-electron chi connectivity index (χ4n) is 1.57. The van der Waals surface area contributed by atoms with Gasteiger partial charge in [0.05, 0.1) is 0 Å². The quantitative estimate of drug-likeness (QED) is 0.841. The third-order valence-electron chi connectivity index (χ3n) is 2.58. The Bertz CT molecular complexity index is 528. The fraction of sp³-hybridized carbons (Fsp3) is 0.133. The monoisotopic (exact) mass is 291 g/mol. The van der Waals surface area contributed by atoms with E-state index in [2.05, 4.69) is 4.72 Å². The van der Waals surface area contributed by atoms with Crippen molar-refractivity contribution in [3.8, 4) is 0 Å². The molecule has 2 aromatic rings. The van der Waals surface area contributed by atoms with Crippen LogP contribution in [-0.4, -0.2) is 5.91 Å². The Morgan fingerprint density at radius 3 is 2.42 bits per heavy atom. The zero-order valence-corrected chi connectivity index (χ0v) is 11.9. The van der Waals surface area contributed by atoms with Crippen molar-refractivity contribution in [3.05, 3.63) is 65.2 Å². The number of benzene rings is 2. The maximum Gasteiger partial charge on any atom is 0.230 e. The summed E-state index contributed by atoms with van der Waals surface area (Å²) in [4.78, 5) is 12.7. The Balaban J connectivity index is 1.74. The average Bonchev–Trinajstić information content (AvgIpc) is 2.45. The van der Waals surface area contributed by atoms with Gasteiger partial charge >= 0.3 is 0 Å². The van der Waals surface area contributed by atoms with Crippen LogP contribution < -0.4 is 4.72 Å². The standard InChI is InChI=1S/C15H14ClNOS/c16-13-7-9-14(10-8-13)19-17-15(18)11-6-12-4-2-1-3-5-12/h1-5,7-10H,6,11H2,(H,17,18). The number of hydrogen-bond acceptors (Lipinski definition) is 2. The number of carbonyl (C=O) groups excluding carboxylic acids is 1. The van der Waals surface area contributed by atoms with Crippen LogP contribution in [-0.2, 0) is 11.2 Å². The van der Waals surface area contributed by atoms with Gasteiger partial charge in [-0.05, 0) is 48.2 Å². The predicted molar refractivity (Wildman–Crippen MR) is 80.2 cm³/mol. The molecule has 1 N–H and O–H groups in total. The van der Waals surface area contributed by atoms with Crippen LogP contribution in [0.4, 0.5) is 0 Å². The van der Waals surface area contributed by atoms with Gasteiger partial charge in [-0.15, -0.1) is 0 Å². The molecule has 0 aliphatic rings. The van der Waals surface area contributed by atoms with Crippen LogP contribution in [0.15, 0.2) is 59.5 Å². The summed E-state index contributed by atoms with van der Waals surface area (Å²) in [6.07, 6.45) is 1.25. The van der Waals surface area contributed by atoms with Gasteiger partial charge in [0.15, 0.2) is 0 Å². The molecule has 2 aromatic carbocycles. The smallest absolute Gasteiger partial charge is 0.230 e. The number of halogens is 1. The first-order valence-electron chi connectivity index (χ1n) is 5.99. The SMILES string of the molecule is O=C(CCc1ccccc1)NSc1ccc(Cl)cc1. The van der Waals surface area contributed by atoms with Crippen molar-refractivity contribution in [2.45, 2.75) is 17.7 Å². The van der Waals surface area contributed by atoms with Gasteiger partial charge < -0.3 is 0 Å². The molecule has 2 rings (SSSR count). The maximum absolute atomic E-state index is 11.7. The topological polar surface area (TPSA) is 29.1 Å². The van der Waals surface area contributed by atoms with Crippen molar-refractivity contribution in [1.82, 2.24) is 4.72 Å². The molecule has 1 amide bonds. The number of nitrogens with one attached hydrogen (secondary N) is 1. The molecule has 98 valence electrons. The lowest BCUT2D eigenvalue weighted by atomic mass is 10.1. The third kappa shape index (κ3) is 4.97. The zero-order chi connectivity index (χ0) is 13.5. The van der Waals surface area contributed by atoms with E-state index in [-0.39, 0.29) is 5.91 Å². The van der Waals surface area contributed by atoms with Crippen LogP contribution in [0, 0.1) is 0 Å². The third-order valence-corrected chi connectivity index (χ3v) is 3.67. The van der Waals surface area contributed by atoms with E-state index in [0.717, 1.165) is 11.3 Å². The van der Waals surface area contributed by atoms with E-state index in [4.69, 9.17) is 11.6 Å². The molecule has 0 aliphatic carbocycles. The lowest BCUT2D eigenvalue weighted by molar-refractivity contribution is -0.119. The van der Waals surface area contributed by atoms with Crippen molar-refractivity contribution in [3.63, 3.8) is 0 Å². The molecular weight excluding hydrogens is 278 g/mol. The Kier molecular flexibility index (Phi) is 5.31. The van der Waals surface area contributed by atoms with E-state index in [9.17, 15) is 4.79 Å². The number of amides is 1. The van der Waals surface area contributed by atoms with Gasteiger partial charge in [0, 0.05) is 16.3 Å². The zero-order valence-electron chi connectivity index (χ0n) is 10.3. The molecule has 0 bridgehead atoms. The van der Waals surface area contributed by atoms with Crippen LogP contribution in [0.5, 0.6) is 0 Å². The van der Waals surface area contributed by atoms with E-state index < -0.39 is 0 Å². The molecule has 0 saturated heterocycles.